The molecule has 1 fully saturated rings. The number of aryl methyl sites for hydroxylation is 2. The van der Waals surface area contributed by atoms with Gasteiger partial charge in [-0.05, 0) is 57.4 Å². The van der Waals surface area contributed by atoms with Gasteiger partial charge in [-0.1, -0.05) is 26.2 Å². The molecule has 2 N–H and O–H groups in total. The molecule has 2 unspecified atom stereocenters. The number of aliphatic imine (C=N–C) groups is 1. The third-order valence-corrected chi connectivity index (χ3v) is 5.52. The fourth-order valence-corrected chi connectivity index (χ4v) is 4.01. The Morgan fingerprint density at radius 1 is 1.27 bits per heavy atom. The minimum Gasteiger partial charge on any atom is -0.357 e. The lowest BCUT2D eigenvalue weighted by atomic mass is 9.81. The minimum absolute atomic E-state index is 0. The van der Waals surface area contributed by atoms with Crippen LogP contribution in [0, 0.1) is 25.7 Å². The first-order chi connectivity index (χ1) is 12.0. The van der Waals surface area contributed by atoms with Crippen LogP contribution in [0.3, 0.4) is 0 Å². The number of guanidine groups is 1. The lowest BCUT2D eigenvalue weighted by Crippen LogP contribution is -2.38. The summed E-state index contributed by atoms with van der Waals surface area (Å²) in [6.07, 6.45) is 7.80. The number of nitrogens with one attached hydrogen (secondary N) is 2. The summed E-state index contributed by atoms with van der Waals surface area (Å²) in [6, 6.07) is 0. The molecule has 1 heterocycles. The Balaban J connectivity index is 0.00000338. The molecule has 1 aliphatic carbocycles. The Labute approximate surface area is 176 Å². The van der Waals surface area contributed by atoms with Crippen LogP contribution < -0.4 is 10.6 Å². The summed E-state index contributed by atoms with van der Waals surface area (Å²) in [5, 5.41) is 11.3. The maximum atomic E-state index is 4.79. The van der Waals surface area contributed by atoms with Crippen LogP contribution in [0.1, 0.15) is 62.9 Å². The van der Waals surface area contributed by atoms with Crippen molar-refractivity contribution < 1.29 is 0 Å². The maximum absolute atomic E-state index is 4.79. The summed E-state index contributed by atoms with van der Waals surface area (Å²) in [7, 11) is 2.01. The number of nitrogens with zero attached hydrogens (tertiary/aromatic N) is 3. The number of aromatic nitrogens is 2. The molecule has 1 aromatic rings. The summed E-state index contributed by atoms with van der Waals surface area (Å²) in [4.78, 5) is 4.79. The van der Waals surface area contributed by atoms with Gasteiger partial charge in [0, 0.05) is 32.4 Å². The highest BCUT2D eigenvalue weighted by molar-refractivity contribution is 14.0. The van der Waals surface area contributed by atoms with E-state index in [4.69, 9.17) is 4.99 Å². The van der Waals surface area contributed by atoms with E-state index in [1.165, 1.54) is 43.4 Å². The van der Waals surface area contributed by atoms with Crippen molar-refractivity contribution in [1.29, 1.82) is 0 Å². The van der Waals surface area contributed by atoms with E-state index in [1.807, 2.05) is 11.7 Å². The van der Waals surface area contributed by atoms with E-state index in [9.17, 15) is 0 Å². The molecule has 5 nitrogen and oxygen atoms in total. The first-order valence-corrected chi connectivity index (χ1v) is 10.0. The van der Waals surface area contributed by atoms with Gasteiger partial charge >= 0.3 is 0 Å². The standard InChI is InChI=1S/C20H37N5.HI/c1-6-21-20(22-12-10-18-9-7-8-15(2)14-18)23-13-11-19-16(3)24-25(5)17(19)4;/h15,18H,6-14H2,1-5H3,(H2,21,22,23);1H. The highest BCUT2D eigenvalue weighted by Crippen LogP contribution is 2.30. The largest absolute Gasteiger partial charge is 0.357 e. The number of rotatable bonds is 7. The molecule has 26 heavy (non-hydrogen) atoms. The highest BCUT2D eigenvalue weighted by atomic mass is 127. The fourth-order valence-electron chi connectivity index (χ4n) is 4.01. The van der Waals surface area contributed by atoms with E-state index in [-0.39, 0.29) is 24.0 Å². The maximum Gasteiger partial charge on any atom is 0.191 e. The summed E-state index contributed by atoms with van der Waals surface area (Å²) in [5.41, 5.74) is 3.74. The van der Waals surface area contributed by atoms with Crippen molar-refractivity contribution in [2.75, 3.05) is 19.6 Å². The molecular formula is C20H38IN5. The lowest BCUT2D eigenvalue weighted by molar-refractivity contribution is 0.272. The van der Waals surface area contributed by atoms with E-state index in [0.717, 1.165) is 49.5 Å². The van der Waals surface area contributed by atoms with Gasteiger partial charge in [-0.15, -0.1) is 24.0 Å². The highest BCUT2D eigenvalue weighted by Gasteiger charge is 2.18. The molecule has 0 radical (unpaired) electrons. The number of hydrogen-bond acceptors (Lipinski definition) is 2. The quantitative estimate of drug-likeness (QED) is 0.357. The van der Waals surface area contributed by atoms with Gasteiger partial charge in [0.1, 0.15) is 0 Å². The van der Waals surface area contributed by atoms with E-state index < -0.39 is 0 Å². The van der Waals surface area contributed by atoms with Crippen molar-refractivity contribution in [3.63, 3.8) is 0 Å². The Morgan fingerprint density at radius 3 is 2.65 bits per heavy atom. The van der Waals surface area contributed by atoms with Crippen LogP contribution in [0.15, 0.2) is 4.99 Å². The van der Waals surface area contributed by atoms with Crippen molar-refractivity contribution in [3.8, 4) is 0 Å². The van der Waals surface area contributed by atoms with E-state index in [1.54, 1.807) is 0 Å². The lowest BCUT2D eigenvalue weighted by Gasteiger charge is -2.26. The summed E-state index contributed by atoms with van der Waals surface area (Å²) >= 11 is 0. The third kappa shape index (κ3) is 7.08. The van der Waals surface area contributed by atoms with Gasteiger partial charge in [-0.2, -0.15) is 5.10 Å². The first kappa shape index (κ1) is 23.2. The molecule has 1 aromatic heterocycles. The molecule has 0 spiro atoms. The molecule has 1 aliphatic rings. The van der Waals surface area contributed by atoms with E-state index in [0.29, 0.717) is 0 Å². The number of halogens is 1. The van der Waals surface area contributed by atoms with Crippen LogP contribution >= 0.6 is 24.0 Å². The molecule has 0 bridgehead atoms. The molecule has 150 valence electrons. The zero-order valence-corrected chi connectivity index (χ0v) is 19.6. The van der Waals surface area contributed by atoms with Crippen LogP contribution in [-0.2, 0) is 13.5 Å². The molecule has 0 saturated heterocycles. The van der Waals surface area contributed by atoms with Crippen molar-refractivity contribution in [3.05, 3.63) is 17.0 Å². The van der Waals surface area contributed by atoms with Gasteiger partial charge in [0.2, 0.25) is 0 Å². The SMILES string of the molecule is CCNC(=NCCC1CCCC(C)C1)NCCc1c(C)nn(C)c1C.I. The Kier molecular flexibility index (Phi) is 10.6. The predicted octanol–water partition coefficient (Wildman–Crippen LogP) is 3.97. The second kappa shape index (κ2) is 11.8. The molecular weight excluding hydrogens is 437 g/mol. The van der Waals surface area contributed by atoms with Crippen molar-refractivity contribution in [1.82, 2.24) is 20.4 Å². The van der Waals surface area contributed by atoms with Crippen LogP contribution in [-0.4, -0.2) is 35.4 Å². The van der Waals surface area contributed by atoms with Crippen LogP contribution in [0.5, 0.6) is 0 Å². The third-order valence-electron chi connectivity index (χ3n) is 5.52. The van der Waals surface area contributed by atoms with Crippen molar-refractivity contribution in [2.24, 2.45) is 23.9 Å². The minimum atomic E-state index is 0. The Hall–Kier alpha value is -0.790. The normalized spacial score (nSPS) is 20.6. The van der Waals surface area contributed by atoms with Gasteiger partial charge in [-0.3, -0.25) is 9.67 Å². The monoisotopic (exact) mass is 475 g/mol. The molecule has 2 rings (SSSR count). The smallest absolute Gasteiger partial charge is 0.191 e. The zero-order chi connectivity index (χ0) is 18.2. The van der Waals surface area contributed by atoms with Gasteiger partial charge in [0.05, 0.1) is 5.69 Å². The molecule has 0 aromatic carbocycles. The van der Waals surface area contributed by atoms with Crippen molar-refractivity contribution >= 4 is 29.9 Å². The molecule has 0 aliphatic heterocycles. The van der Waals surface area contributed by atoms with Gasteiger partial charge < -0.3 is 10.6 Å². The Bertz CT molecular complexity index is 567. The predicted molar refractivity (Wildman–Crippen MR) is 122 cm³/mol. The molecule has 1 saturated carbocycles. The van der Waals surface area contributed by atoms with Crippen LogP contribution in [0.2, 0.25) is 0 Å². The second-order valence-corrected chi connectivity index (χ2v) is 7.64. The summed E-state index contributed by atoms with van der Waals surface area (Å²) in [6.45, 7) is 11.5. The fraction of sp³-hybridized carbons (Fsp3) is 0.800. The Morgan fingerprint density at radius 2 is 2.04 bits per heavy atom. The van der Waals surface area contributed by atoms with E-state index in [2.05, 4.69) is 43.4 Å². The average molecular weight is 475 g/mol. The summed E-state index contributed by atoms with van der Waals surface area (Å²) in [5.74, 6) is 2.72. The van der Waals surface area contributed by atoms with Gasteiger partial charge in [0.25, 0.3) is 0 Å². The average Bonchev–Trinajstić information content (AvgIpc) is 2.81. The van der Waals surface area contributed by atoms with Crippen LogP contribution in [0.4, 0.5) is 0 Å². The van der Waals surface area contributed by atoms with Crippen LogP contribution in [0.25, 0.3) is 0 Å². The zero-order valence-electron chi connectivity index (χ0n) is 17.3. The summed E-state index contributed by atoms with van der Waals surface area (Å²) < 4.78 is 1.97. The van der Waals surface area contributed by atoms with Gasteiger partial charge in [-0.25, -0.2) is 0 Å². The molecule has 6 heteroatoms. The van der Waals surface area contributed by atoms with Crippen molar-refractivity contribution in [2.45, 2.75) is 66.2 Å². The first-order valence-electron chi connectivity index (χ1n) is 10.0. The van der Waals surface area contributed by atoms with Gasteiger partial charge in [0.15, 0.2) is 5.96 Å². The topological polar surface area (TPSA) is 54.2 Å². The molecule has 2 atom stereocenters. The second-order valence-electron chi connectivity index (χ2n) is 7.64. The molecule has 0 amide bonds. The number of hydrogen-bond donors (Lipinski definition) is 2. The van der Waals surface area contributed by atoms with E-state index >= 15 is 0 Å².